The Hall–Kier alpha value is -3.37. The zero-order valence-electron chi connectivity index (χ0n) is 15.6. The van der Waals surface area contributed by atoms with E-state index in [1.165, 1.54) is 12.1 Å². The minimum atomic E-state index is -4.60. The number of aromatic nitrogens is 3. The Morgan fingerprint density at radius 3 is 2.52 bits per heavy atom. The van der Waals surface area contributed by atoms with E-state index in [1.54, 1.807) is 10.7 Å². The molecule has 0 radical (unpaired) electrons. The number of benzene rings is 1. The fraction of sp³-hybridized carbons (Fsp3) is 0.250. The number of fused-ring (bicyclic) bond motifs is 1. The molecule has 0 saturated carbocycles. The highest BCUT2D eigenvalue weighted by Crippen LogP contribution is 2.34. The van der Waals surface area contributed by atoms with Gasteiger partial charge in [0.25, 0.3) is 5.91 Å². The van der Waals surface area contributed by atoms with Crippen LogP contribution in [0, 0.1) is 0 Å². The van der Waals surface area contributed by atoms with E-state index in [1.807, 2.05) is 0 Å². The minimum absolute atomic E-state index is 0.142. The Morgan fingerprint density at radius 2 is 1.81 bits per heavy atom. The Labute approximate surface area is 171 Å². The lowest BCUT2D eigenvalue weighted by Crippen LogP contribution is -2.27. The van der Waals surface area contributed by atoms with Gasteiger partial charge in [-0.1, -0.05) is 6.07 Å². The molecule has 1 aliphatic rings. The smallest absolute Gasteiger partial charge is 0.344 e. The number of aryl methyl sites for hydroxylation is 1. The number of hydrogen-bond acceptors (Lipinski definition) is 3. The van der Waals surface area contributed by atoms with Crippen molar-refractivity contribution >= 4 is 5.91 Å². The summed E-state index contributed by atoms with van der Waals surface area (Å²) in [4.78, 5) is 15.8. The van der Waals surface area contributed by atoms with E-state index in [2.05, 4.69) is 15.4 Å². The summed E-state index contributed by atoms with van der Waals surface area (Å²) in [6.45, 7) is 0.403. The molecule has 3 heterocycles. The monoisotopic (exact) mass is 440 g/mol. The molecule has 0 aliphatic carbocycles. The zero-order chi connectivity index (χ0) is 22.4. The van der Waals surface area contributed by atoms with Gasteiger partial charge in [-0.15, -0.1) is 0 Å². The van der Waals surface area contributed by atoms with Gasteiger partial charge in [-0.3, -0.25) is 14.5 Å². The highest BCUT2D eigenvalue weighted by molar-refractivity contribution is 5.94. The van der Waals surface area contributed by atoms with Gasteiger partial charge in [-0.2, -0.15) is 31.4 Å². The van der Waals surface area contributed by atoms with Crippen LogP contribution in [0.2, 0.25) is 0 Å². The molecule has 3 aromatic rings. The van der Waals surface area contributed by atoms with Crippen molar-refractivity contribution in [3.05, 3.63) is 71.2 Å². The quantitative estimate of drug-likeness (QED) is 0.592. The third-order valence-electron chi connectivity index (χ3n) is 4.90. The van der Waals surface area contributed by atoms with E-state index < -0.39 is 35.6 Å². The molecular formula is C20H14F6N4O. The standard InChI is InChI=1S/C20H14F6N4O/c21-19(22,23)13-3-1-2-12(8-13)18(31)28-14-5-7-30-16(14)10-15(29-30)11-4-6-27-17(9-11)20(24,25)26/h1-4,6,8-10,14H,5,7H2,(H,28,31)/t14-/m0/s1. The fourth-order valence-corrected chi connectivity index (χ4v) is 3.40. The van der Waals surface area contributed by atoms with E-state index in [0.717, 1.165) is 30.5 Å². The largest absolute Gasteiger partial charge is 0.433 e. The Morgan fingerprint density at radius 1 is 1.03 bits per heavy atom. The molecule has 1 aliphatic heterocycles. The van der Waals surface area contributed by atoms with Crippen molar-refractivity contribution in [1.82, 2.24) is 20.1 Å². The van der Waals surface area contributed by atoms with E-state index in [0.29, 0.717) is 18.7 Å². The number of rotatable bonds is 3. The molecule has 4 rings (SSSR count). The maximum absolute atomic E-state index is 12.9. The molecule has 1 atom stereocenters. The van der Waals surface area contributed by atoms with Crippen LogP contribution in [0.25, 0.3) is 11.3 Å². The van der Waals surface area contributed by atoms with Crippen LogP contribution >= 0.6 is 0 Å². The molecule has 0 bridgehead atoms. The van der Waals surface area contributed by atoms with Gasteiger partial charge in [-0.25, -0.2) is 0 Å². The first kappa shape index (κ1) is 20.9. The van der Waals surface area contributed by atoms with E-state index in [4.69, 9.17) is 0 Å². The Kier molecular flexibility index (Phi) is 4.98. The molecule has 31 heavy (non-hydrogen) atoms. The van der Waals surface area contributed by atoms with Gasteiger partial charge in [0.2, 0.25) is 0 Å². The predicted octanol–water partition coefficient (Wildman–Crippen LogP) is 4.86. The number of amides is 1. The first-order chi connectivity index (χ1) is 14.5. The highest BCUT2D eigenvalue weighted by atomic mass is 19.4. The van der Waals surface area contributed by atoms with Crippen LogP contribution in [0.4, 0.5) is 26.3 Å². The van der Waals surface area contributed by atoms with Crippen LogP contribution in [0.15, 0.2) is 48.7 Å². The van der Waals surface area contributed by atoms with Crippen LogP contribution in [-0.2, 0) is 18.9 Å². The topological polar surface area (TPSA) is 59.8 Å². The SMILES string of the molecule is O=C(N[C@H]1CCn2nc(-c3ccnc(C(F)(F)F)c3)cc21)c1cccc(C(F)(F)F)c1. The third kappa shape index (κ3) is 4.25. The van der Waals surface area contributed by atoms with E-state index >= 15 is 0 Å². The van der Waals surface area contributed by atoms with Crippen LogP contribution in [-0.4, -0.2) is 20.7 Å². The molecule has 1 amide bonds. The molecule has 2 aromatic heterocycles. The summed E-state index contributed by atoms with van der Waals surface area (Å²) in [6, 6.07) is 7.36. The van der Waals surface area contributed by atoms with Crippen LogP contribution in [0.5, 0.6) is 0 Å². The van der Waals surface area contributed by atoms with E-state index in [9.17, 15) is 31.1 Å². The maximum Gasteiger partial charge on any atom is 0.433 e. The van der Waals surface area contributed by atoms with Gasteiger partial charge in [0.05, 0.1) is 23.0 Å². The van der Waals surface area contributed by atoms with Crippen molar-refractivity contribution in [2.75, 3.05) is 0 Å². The highest BCUT2D eigenvalue weighted by Gasteiger charge is 2.34. The fourth-order valence-electron chi connectivity index (χ4n) is 3.40. The molecular weight excluding hydrogens is 426 g/mol. The number of hydrogen-bond donors (Lipinski definition) is 1. The molecule has 0 fully saturated rings. The average molecular weight is 440 g/mol. The van der Waals surface area contributed by atoms with Gasteiger partial charge in [-0.05, 0) is 42.8 Å². The predicted molar refractivity (Wildman–Crippen MR) is 96.7 cm³/mol. The molecule has 0 spiro atoms. The second-order valence-corrected chi connectivity index (χ2v) is 7.00. The van der Waals surface area contributed by atoms with Crippen molar-refractivity contribution in [2.45, 2.75) is 31.4 Å². The number of pyridine rings is 1. The molecule has 162 valence electrons. The number of alkyl halides is 6. The lowest BCUT2D eigenvalue weighted by Gasteiger charge is -2.13. The summed E-state index contributed by atoms with van der Waals surface area (Å²) >= 11 is 0. The minimum Gasteiger partial charge on any atom is -0.344 e. The van der Waals surface area contributed by atoms with Crippen molar-refractivity contribution in [3.8, 4) is 11.3 Å². The van der Waals surface area contributed by atoms with Crippen molar-refractivity contribution in [3.63, 3.8) is 0 Å². The number of nitrogens with zero attached hydrogens (tertiary/aromatic N) is 3. The molecule has 1 aromatic carbocycles. The maximum atomic E-state index is 12.9. The van der Waals surface area contributed by atoms with Crippen LogP contribution in [0.3, 0.4) is 0 Å². The Bertz CT molecular complexity index is 1140. The third-order valence-corrected chi connectivity index (χ3v) is 4.90. The van der Waals surface area contributed by atoms with Gasteiger partial charge in [0, 0.05) is 23.9 Å². The van der Waals surface area contributed by atoms with Gasteiger partial charge in [0.15, 0.2) is 0 Å². The summed E-state index contributed by atoms with van der Waals surface area (Å²) in [5.41, 5.74) is -1.07. The van der Waals surface area contributed by atoms with Crippen molar-refractivity contribution < 1.29 is 31.1 Å². The molecule has 1 N–H and O–H groups in total. The first-order valence-corrected chi connectivity index (χ1v) is 9.12. The van der Waals surface area contributed by atoms with Gasteiger partial charge in [0.1, 0.15) is 5.69 Å². The van der Waals surface area contributed by atoms with Gasteiger partial charge < -0.3 is 5.32 Å². The molecule has 5 nitrogen and oxygen atoms in total. The number of carbonyl (C=O) groups is 1. The second-order valence-electron chi connectivity index (χ2n) is 7.00. The van der Waals surface area contributed by atoms with Crippen molar-refractivity contribution in [2.24, 2.45) is 0 Å². The average Bonchev–Trinajstić information content (AvgIpc) is 3.29. The summed E-state index contributed by atoms with van der Waals surface area (Å²) in [5, 5.41) is 6.95. The normalized spacial score (nSPS) is 16.3. The first-order valence-electron chi connectivity index (χ1n) is 9.12. The molecule has 11 heteroatoms. The molecule has 0 saturated heterocycles. The Balaban J connectivity index is 1.55. The van der Waals surface area contributed by atoms with Crippen molar-refractivity contribution in [1.29, 1.82) is 0 Å². The summed E-state index contributed by atoms with van der Waals surface area (Å²) in [6.07, 6.45) is -7.68. The molecule has 0 unspecified atom stereocenters. The second kappa shape index (κ2) is 7.40. The summed E-state index contributed by atoms with van der Waals surface area (Å²) in [5.74, 6) is -0.685. The van der Waals surface area contributed by atoms with Gasteiger partial charge >= 0.3 is 12.4 Å². The zero-order valence-corrected chi connectivity index (χ0v) is 15.6. The summed E-state index contributed by atoms with van der Waals surface area (Å²) < 4.78 is 78.9. The van der Waals surface area contributed by atoms with Crippen LogP contribution < -0.4 is 5.32 Å². The number of halogens is 6. The lowest BCUT2D eigenvalue weighted by atomic mass is 10.1. The van der Waals surface area contributed by atoms with E-state index in [-0.39, 0.29) is 16.8 Å². The summed E-state index contributed by atoms with van der Waals surface area (Å²) in [7, 11) is 0. The number of carbonyl (C=O) groups excluding carboxylic acids is 1. The van der Waals surface area contributed by atoms with Crippen LogP contribution in [0.1, 0.15) is 39.8 Å². The number of nitrogens with one attached hydrogen (secondary N) is 1. The lowest BCUT2D eigenvalue weighted by molar-refractivity contribution is -0.141.